The zero-order valence-electron chi connectivity index (χ0n) is 11.8. The van der Waals surface area contributed by atoms with Crippen LogP contribution in [0.1, 0.15) is 17.5 Å². The third-order valence-corrected chi connectivity index (χ3v) is 3.75. The van der Waals surface area contributed by atoms with E-state index in [1.807, 2.05) is 13.0 Å². The molecule has 0 atom stereocenters. The monoisotopic (exact) mass is 301 g/mol. The Hall–Kier alpha value is -2.14. The zero-order valence-corrected chi connectivity index (χ0v) is 12.5. The number of nitrogens with zero attached hydrogens (tertiary/aromatic N) is 4. The molecule has 0 spiro atoms. The lowest BCUT2D eigenvalue weighted by Gasteiger charge is -2.11. The summed E-state index contributed by atoms with van der Waals surface area (Å²) in [6.45, 7) is 2.76. The van der Waals surface area contributed by atoms with E-state index in [1.54, 1.807) is 4.52 Å². The molecule has 0 saturated carbocycles. The molecular weight excluding hydrogens is 286 g/mol. The molecule has 0 radical (unpaired) electrons. The molecular formula is C15H16ClN5. The molecule has 3 rings (SSSR count). The van der Waals surface area contributed by atoms with Crippen LogP contribution in [0.5, 0.6) is 0 Å². The topological polar surface area (TPSA) is 55.1 Å². The molecule has 0 fully saturated rings. The van der Waals surface area contributed by atoms with E-state index < -0.39 is 0 Å². The Bertz CT molecular complexity index is 738. The average molecular weight is 302 g/mol. The molecule has 1 N–H and O–H groups in total. The van der Waals surface area contributed by atoms with Crippen molar-refractivity contribution in [3.63, 3.8) is 0 Å². The van der Waals surface area contributed by atoms with Gasteiger partial charge >= 0.3 is 0 Å². The minimum atomic E-state index is 0.459. The Morgan fingerprint density at radius 3 is 2.86 bits per heavy atom. The first-order valence-electron chi connectivity index (χ1n) is 6.89. The van der Waals surface area contributed by atoms with Crippen molar-refractivity contribution >= 4 is 23.2 Å². The number of aryl methyl sites for hydroxylation is 1. The van der Waals surface area contributed by atoms with Crippen molar-refractivity contribution in [2.24, 2.45) is 0 Å². The SMILES string of the molecule is Cc1c(Cl)nc2ncnn2c1NCCCc1ccccc1. The molecule has 108 valence electrons. The first-order valence-corrected chi connectivity index (χ1v) is 7.27. The van der Waals surface area contributed by atoms with E-state index in [-0.39, 0.29) is 0 Å². The molecule has 0 saturated heterocycles. The molecule has 1 aromatic carbocycles. The van der Waals surface area contributed by atoms with Crippen molar-refractivity contribution in [2.45, 2.75) is 19.8 Å². The summed E-state index contributed by atoms with van der Waals surface area (Å²) in [6.07, 6.45) is 3.54. The number of hydrogen-bond acceptors (Lipinski definition) is 4. The summed E-state index contributed by atoms with van der Waals surface area (Å²) in [4.78, 5) is 8.26. The molecule has 5 nitrogen and oxygen atoms in total. The Labute approximate surface area is 128 Å². The lowest BCUT2D eigenvalue weighted by atomic mass is 10.1. The van der Waals surface area contributed by atoms with Gasteiger partial charge in [0.2, 0.25) is 0 Å². The number of rotatable bonds is 5. The molecule has 0 bridgehead atoms. The van der Waals surface area contributed by atoms with Crippen LogP contribution in [0.15, 0.2) is 36.7 Å². The minimum Gasteiger partial charge on any atom is -0.370 e. The lowest BCUT2D eigenvalue weighted by molar-refractivity contribution is 0.839. The Morgan fingerprint density at radius 2 is 2.05 bits per heavy atom. The smallest absolute Gasteiger partial charge is 0.255 e. The van der Waals surface area contributed by atoms with Crippen LogP contribution in [-0.2, 0) is 6.42 Å². The summed E-state index contributed by atoms with van der Waals surface area (Å²) in [5.41, 5.74) is 2.23. The van der Waals surface area contributed by atoms with E-state index >= 15 is 0 Å². The van der Waals surface area contributed by atoms with Crippen LogP contribution < -0.4 is 5.32 Å². The van der Waals surface area contributed by atoms with Gasteiger partial charge in [0.25, 0.3) is 5.78 Å². The zero-order chi connectivity index (χ0) is 14.7. The van der Waals surface area contributed by atoms with Gasteiger partial charge in [-0.25, -0.2) is 0 Å². The first kappa shape index (κ1) is 13.8. The fourth-order valence-corrected chi connectivity index (χ4v) is 2.41. The van der Waals surface area contributed by atoms with Crippen LogP contribution in [0.4, 0.5) is 5.82 Å². The number of hydrogen-bond donors (Lipinski definition) is 1. The second-order valence-electron chi connectivity index (χ2n) is 4.86. The molecule has 0 aliphatic heterocycles. The summed E-state index contributed by atoms with van der Waals surface area (Å²) >= 11 is 6.13. The van der Waals surface area contributed by atoms with Gasteiger partial charge in [0.05, 0.1) is 0 Å². The minimum absolute atomic E-state index is 0.459. The fraction of sp³-hybridized carbons (Fsp3) is 0.267. The van der Waals surface area contributed by atoms with Crippen LogP contribution >= 0.6 is 11.6 Å². The third-order valence-electron chi connectivity index (χ3n) is 3.38. The van der Waals surface area contributed by atoms with Gasteiger partial charge in [-0.05, 0) is 25.3 Å². The van der Waals surface area contributed by atoms with Gasteiger partial charge in [-0.1, -0.05) is 41.9 Å². The number of benzene rings is 1. The van der Waals surface area contributed by atoms with E-state index in [1.165, 1.54) is 11.9 Å². The number of halogens is 1. The van der Waals surface area contributed by atoms with E-state index in [2.05, 4.69) is 44.6 Å². The highest BCUT2D eigenvalue weighted by Crippen LogP contribution is 2.21. The van der Waals surface area contributed by atoms with Crippen molar-refractivity contribution in [3.8, 4) is 0 Å². The lowest BCUT2D eigenvalue weighted by Crippen LogP contribution is -2.10. The Kier molecular flexibility index (Phi) is 4.01. The maximum absolute atomic E-state index is 6.13. The maximum atomic E-state index is 6.13. The molecule has 3 aromatic rings. The average Bonchev–Trinajstić information content (AvgIpc) is 2.96. The molecule has 0 aliphatic rings. The molecule has 2 heterocycles. The standard InChI is InChI=1S/C15H16ClN5/c1-11-13(16)20-15-18-10-19-21(15)14(11)17-9-5-8-12-6-3-2-4-7-12/h2-4,6-7,10,17H,5,8-9H2,1H3. The van der Waals surface area contributed by atoms with Crippen molar-refractivity contribution in [3.05, 3.63) is 52.9 Å². The maximum Gasteiger partial charge on any atom is 0.255 e. The van der Waals surface area contributed by atoms with Crippen molar-refractivity contribution in [1.29, 1.82) is 0 Å². The van der Waals surface area contributed by atoms with Crippen LogP contribution in [0.2, 0.25) is 5.15 Å². The van der Waals surface area contributed by atoms with E-state index in [0.29, 0.717) is 10.9 Å². The quantitative estimate of drug-likeness (QED) is 0.581. The van der Waals surface area contributed by atoms with E-state index in [4.69, 9.17) is 11.6 Å². The van der Waals surface area contributed by atoms with Crippen LogP contribution in [0.3, 0.4) is 0 Å². The van der Waals surface area contributed by atoms with Crippen LogP contribution in [0.25, 0.3) is 5.78 Å². The summed E-state index contributed by atoms with van der Waals surface area (Å²) in [5.74, 6) is 1.37. The second kappa shape index (κ2) is 6.10. The van der Waals surface area contributed by atoms with E-state index in [9.17, 15) is 0 Å². The number of anilines is 1. The molecule has 0 aliphatic carbocycles. The van der Waals surface area contributed by atoms with Gasteiger partial charge in [0.1, 0.15) is 17.3 Å². The summed E-state index contributed by atoms with van der Waals surface area (Å²) in [6, 6.07) is 10.4. The number of fused-ring (bicyclic) bond motifs is 1. The third kappa shape index (κ3) is 2.97. The van der Waals surface area contributed by atoms with Crippen molar-refractivity contribution in [1.82, 2.24) is 19.6 Å². The molecule has 6 heteroatoms. The molecule has 21 heavy (non-hydrogen) atoms. The van der Waals surface area contributed by atoms with Crippen molar-refractivity contribution in [2.75, 3.05) is 11.9 Å². The van der Waals surface area contributed by atoms with Gasteiger partial charge in [-0.2, -0.15) is 19.6 Å². The predicted octanol–water partition coefficient (Wildman–Crippen LogP) is 3.13. The molecule has 0 unspecified atom stereocenters. The number of aromatic nitrogens is 4. The summed E-state index contributed by atoms with van der Waals surface area (Å²) < 4.78 is 1.68. The van der Waals surface area contributed by atoms with Crippen LogP contribution in [0, 0.1) is 6.92 Å². The van der Waals surface area contributed by atoms with Gasteiger partial charge < -0.3 is 5.32 Å². The Balaban J connectivity index is 1.68. The highest BCUT2D eigenvalue weighted by atomic mass is 35.5. The van der Waals surface area contributed by atoms with Crippen LogP contribution in [-0.4, -0.2) is 26.1 Å². The highest BCUT2D eigenvalue weighted by molar-refractivity contribution is 6.30. The van der Waals surface area contributed by atoms with E-state index in [0.717, 1.165) is 30.8 Å². The summed E-state index contributed by atoms with van der Waals surface area (Å²) in [5, 5.41) is 8.03. The molecule has 0 amide bonds. The first-order chi connectivity index (χ1) is 10.3. The van der Waals surface area contributed by atoms with Gasteiger partial charge in [0, 0.05) is 12.1 Å². The van der Waals surface area contributed by atoms with Crippen molar-refractivity contribution < 1.29 is 0 Å². The summed E-state index contributed by atoms with van der Waals surface area (Å²) in [7, 11) is 0. The molecule has 2 aromatic heterocycles. The Morgan fingerprint density at radius 1 is 1.24 bits per heavy atom. The van der Waals surface area contributed by atoms with Gasteiger partial charge in [-0.3, -0.25) is 0 Å². The fourth-order valence-electron chi connectivity index (χ4n) is 2.25. The predicted molar refractivity (Wildman–Crippen MR) is 83.8 cm³/mol. The number of nitrogens with one attached hydrogen (secondary N) is 1. The normalized spacial score (nSPS) is 11.0. The van der Waals surface area contributed by atoms with Gasteiger partial charge in [0.15, 0.2) is 0 Å². The largest absolute Gasteiger partial charge is 0.370 e. The van der Waals surface area contributed by atoms with Gasteiger partial charge in [-0.15, -0.1) is 0 Å². The second-order valence-corrected chi connectivity index (χ2v) is 5.22. The highest BCUT2D eigenvalue weighted by Gasteiger charge is 2.11.